The highest BCUT2D eigenvalue weighted by Gasteiger charge is 1.92. The lowest BCUT2D eigenvalue weighted by Gasteiger charge is -2.05. The summed E-state index contributed by atoms with van der Waals surface area (Å²) in [7, 11) is 0. The van der Waals surface area contributed by atoms with Gasteiger partial charge in [0.1, 0.15) is 0 Å². The molecule has 0 spiro atoms. The number of rotatable bonds is 13. The van der Waals surface area contributed by atoms with Gasteiger partial charge in [-0.15, -0.1) is 0 Å². The molecule has 0 fully saturated rings. The zero-order valence-corrected chi connectivity index (χ0v) is 10.7. The summed E-state index contributed by atoms with van der Waals surface area (Å²) in [6.45, 7) is 5.59. The van der Waals surface area contributed by atoms with Crippen molar-refractivity contribution in [1.82, 2.24) is 0 Å². The Labute approximate surface area is 100 Å². The molecule has 3 nitrogen and oxygen atoms in total. The van der Waals surface area contributed by atoms with Gasteiger partial charge in [0.05, 0.1) is 13.2 Å². The van der Waals surface area contributed by atoms with E-state index >= 15 is 0 Å². The summed E-state index contributed by atoms with van der Waals surface area (Å²) in [6.07, 6.45) is 8.06. The van der Waals surface area contributed by atoms with E-state index in [1.807, 2.05) is 0 Å². The highest BCUT2D eigenvalue weighted by Crippen LogP contribution is 2.04. The van der Waals surface area contributed by atoms with Crippen molar-refractivity contribution in [3.8, 4) is 0 Å². The van der Waals surface area contributed by atoms with Crippen LogP contribution in [-0.4, -0.2) is 38.1 Å². The molecule has 0 heterocycles. The van der Waals surface area contributed by atoms with E-state index in [-0.39, 0.29) is 0 Å². The zero-order valence-electron chi connectivity index (χ0n) is 10.7. The topological polar surface area (TPSA) is 38.7 Å². The van der Waals surface area contributed by atoms with Crippen molar-refractivity contribution in [2.75, 3.05) is 33.0 Å². The van der Waals surface area contributed by atoms with Crippen LogP contribution in [0, 0.1) is 0 Å². The maximum Gasteiger partial charge on any atom is 0.0700 e. The second kappa shape index (κ2) is 14.9. The van der Waals surface area contributed by atoms with Crippen LogP contribution in [0.5, 0.6) is 0 Å². The van der Waals surface area contributed by atoms with Gasteiger partial charge in [-0.25, -0.2) is 0 Å². The van der Waals surface area contributed by atoms with Crippen LogP contribution in [0.1, 0.15) is 51.9 Å². The molecule has 0 aliphatic carbocycles. The average molecular weight is 232 g/mol. The van der Waals surface area contributed by atoms with Crippen molar-refractivity contribution >= 4 is 0 Å². The lowest BCUT2D eigenvalue weighted by Crippen LogP contribution is -2.05. The third-order valence-electron chi connectivity index (χ3n) is 2.42. The Kier molecular flexibility index (Phi) is 14.8. The van der Waals surface area contributed by atoms with E-state index in [2.05, 4.69) is 6.92 Å². The Hall–Kier alpha value is -0.120. The van der Waals surface area contributed by atoms with E-state index in [9.17, 15) is 0 Å². The van der Waals surface area contributed by atoms with E-state index in [1.165, 1.54) is 19.3 Å². The highest BCUT2D eigenvalue weighted by molar-refractivity contribution is 4.44. The number of hydrogen-bond acceptors (Lipinski definition) is 3. The summed E-state index contributed by atoms with van der Waals surface area (Å²) in [5, 5.41) is 8.60. The summed E-state index contributed by atoms with van der Waals surface area (Å²) >= 11 is 0. The van der Waals surface area contributed by atoms with E-state index in [0.717, 1.165) is 52.1 Å². The minimum Gasteiger partial charge on any atom is -0.396 e. The van der Waals surface area contributed by atoms with Gasteiger partial charge in [0, 0.05) is 19.8 Å². The normalized spacial score (nSPS) is 10.9. The van der Waals surface area contributed by atoms with Crippen molar-refractivity contribution in [2.45, 2.75) is 51.9 Å². The number of hydrogen-bond donors (Lipinski definition) is 1. The van der Waals surface area contributed by atoms with E-state index in [0.29, 0.717) is 6.61 Å². The molecule has 0 aromatic heterocycles. The van der Waals surface area contributed by atoms with Crippen molar-refractivity contribution in [1.29, 1.82) is 0 Å². The zero-order chi connectivity index (χ0) is 11.9. The van der Waals surface area contributed by atoms with Gasteiger partial charge in [-0.3, -0.25) is 0 Å². The highest BCUT2D eigenvalue weighted by atomic mass is 16.5. The van der Waals surface area contributed by atoms with Gasteiger partial charge in [-0.2, -0.15) is 0 Å². The van der Waals surface area contributed by atoms with Crippen LogP contribution >= 0.6 is 0 Å². The van der Waals surface area contributed by atoms with Gasteiger partial charge in [0.25, 0.3) is 0 Å². The first-order valence-corrected chi connectivity index (χ1v) is 6.68. The van der Waals surface area contributed by atoms with Crippen LogP contribution in [0.4, 0.5) is 0 Å². The van der Waals surface area contributed by atoms with E-state index in [4.69, 9.17) is 14.6 Å². The Bertz CT molecular complexity index is 104. The summed E-state index contributed by atoms with van der Waals surface area (Å²) < 4.78 is 10.7. The molecule has 0 aromatic rings. The summed E-state index contributed by atoms with van der Waals surface area (Å²) in [5.41, 5.74) is 0. The van der Waals surface area contributed by atoms with Crippen LogP contribution in [-0.2, 0) is 9.47 Å². The quantitative estimate of drug-likeness (QED) is 0.496. The molecule has 16 heavy (non-hydrogen) atoms. The summed E-state index contributed by atoms with van der Waals surface area (Å²) in [5.74, 6) is 0. The van der Waals surface area contributed by atoms with Crippen LogP contribution in [0.3, 0.4) is 0 Å². The maximum atomic E-state index is 8.60. The SMILES string of the molecule is CCCOCCOCCCCCCCCO. The predicted octanol–water partition coefficient (Wildman–Crippen LogP) is 2.76. The van der Waals surface area contributed by atoms with Gasteiger partial charge in [-0.1, -0.05) is 32.6 Å². The maximum absolute atomic E-state index is 8.60. The van der Waals surface area contributed by atoms with Crippen LogP contribution in [0.15, 0.2) is 0 Å². The third kappa shape index (κ3) is 13.9. The fraction of sp³-hybridized carbons (Fsp3) is 1.00. The van der Waals surface area contributed by atoms with Crippen LogP contribution in [0.25, 0.3) is 0 Å². The van der Waals surface area contributed by atoms with E-state index < -0.39 is 0 Å². The molecule has 0 aliphatic rings. The first kappa shape index (κ1) is 15.9. The van der Waals surface area contributed by atoms with Gasteiger partial charge < -0.3 is 14.6 Å². The standard InChI is InChI=1S/C13H28O3/c1-2-10-15-12-13-16-11-8-6-4-3-5-7-9-14/h14H,2-13H2,1H3. The molecular weight excluding hydrogens is 204 g/mol. The first-order chi connectivity index (χ1) is 7.91. The third-order valence-corrected chi connectivity index (χ3v) is 2.42. The molecule has 0 unspecified atom stereocenters. The molecule has 0 saturated carbocycles. The average Bonchev–Trinajstić information content (AvgIpc) is 2.31. The van der Waals surface area contributed by atoms with Crippen molar-refractivity contribution in [2.24, 2.45) is 0 Å². The first-order valence-electron chi connectivity index (χ1n) is 6.68. The fourth-order valence-electron chi connectivity index (χ4n) is 1.49. The lowest BCUT2D eigenvalue weighted by atomic mass is 10.1. The molecule has 3 heteroatoms. The van der Waals surface area contributed by atoms with Gasteiger partial charge in [0.2, 0.25) is 0 Å². The Morgan fingerprint density at radius 1 is 0.688 bits per heavy atom. The second-order valence-corrected chi connectivity index (χ2v) is 4.07. The minimum absolute atomic E-state index is 0.334. The predicted molar refractivity (Wildman–Crippen MR) is 66.7 cm³/mol. The molecule has 0 bridgehead atoms. The Morgan fingerprint density at radius 3 is 1.88 bits per heavy atom. The largest absolute Gasteiger partial charge is 0.396 e. The number of aliphatic hydroxyl groups excluding tert-OH is 1. The van der Waals surface area contributed by atoms with Crippen LogP contribution < -0.4 is 0 Å². The molecule has 0 rings (SSSR count). The number of aliphatic hydroxyl groups is 1. The molecule has 0 aromatic carbocycles. The van der Waals surface area contributed by atoms with Crippen molar-refractivity contribution in [3.63, 3.8) is 0 Å². The van der Waals surface area contributed by atoms with Gasteiger partial charge >= 0.3 is 0 Å². The molecule has 0 radical (unpaired) electrons. The van der Waals surface area contributed by atoms with Gasteiger partial charge in [-0.05, 0) is 19.3 Å². The van der Waals surface area contributed by atoms with Crippen molar-refractivity contribution < 1.29 is 14.6 Å². The molecule has 1 N–H and O–H groups in total. The number of unbranched alkanes of at least 4 members (excludes halogenated alkanes) is 5. The fourth-order valence-corrected chi connectivity index (χ4v) is 1.49. The smallest absolute Gasteiger partial charge is 0.0700 e. The Morgan fingerprint density at radius 2 is 1.25 bits per heavy atom. The molecular formula is C13H28O3. The molecule has 98 valence electrons. The minimum atomic E-state index is 0.334. The van der Waals surface area contributed by atoms with Crippen LogP contribution in [0.2, 0.25) is 0 Å². The molecule has 0 amide bonds. The molecule has 0 atom stereocenters. The Balaban J connectivity index is 2.83. The number of ether oxygens (including phenoxy) is 2. The van der Waals surface area contributed by atoms with Crippen molar-refractivity contribution in [3.05, 3.63) is 0 Å². The second-order valence-electron chi connectivity index (χ2n) is 4.07. The van der Waals surface area contributed by atoms with E-state index in [1.54, 1.807) is 0 Å². The molecule has 0 saturated heterocycles. The lowest BCUT2D eigenvalue weighted by molar-refractivity contribution is 0.0465. The van der Waals surface area contributed by atoms with Gasteiger partial charge in [0.15, 0.2) is 0 Å². The summed E-state index contributed by atoms with van der Waals surface area (Å²) in [4.78, 5) is 0. The molecule has 0 aliphatic heterocycles. The summed E-state index contributed by atoms with van der Waals surface area (Å²) in [6, 6.07) is 0. The monoisotopic (exact) mass is 232 g/mol.